The number of hydrogen-bond donors (Lipinski definition) is 2. The van der Waals surface area contributed by atoms with E-state index in [0.717, 1.165) is 4.90 Å². The van der Waals surface area contributed by atoms with Crippen LogP contribution in [-0.2, 0) is 14.3 Å². The summed E-state index contributed by atoms with van der Waals surface area (Å²) in [4.78, 5) is 24.8. The summed E-state index contributed by atoms with van der Waals surface area (Å²) in [6, 6.07) is -2.11. The number of amides is 2. The molecule has 23 heavy (non-hydrogen) atoms. The number of carbonyl (C=O) groups is 2. The zero-order chi connectivity index (χ0) is 18.0. The van der Waals surface area contributed by atoms with E-state index in [1.54, 1.807) is 20.8 Å². The van der Waals surface area contributed by atoms with Crippen molar-refractivity contribution in [1.29, 1.82) is 0 Å². The van der Waals surface area contributed by atoms with Crippen molar-refractivity contribution in [2.45, 2.75) is 57.8 Å². The van der Waals surface area contributed by atoms with Crippen LogP contribution in [0, 0.1) is 0 Å². The number of hydrogen-bond acceptors (Lipinski definition) is 5. The monoisotopic (exact) mass is 342 g/mol. The maximum absolute atomic E-state index is 12.1. The number of nitrogens with one attached hydrogen (secondary N) is 1. The topological polar surface area (TPSA) is 88.1 Å². The Bertz CT molecular complexity index is 450. The number of aliphatic hydroxyl groups excluding tert-OH is 1. The normalized spacial score (nSPS) is 23.0. The van der Waals surface area contributed by atoms with Crippen LogP contribution in [0.5, 0.6) is 0 Å². The molecule has 2 amide bonds. The SMILES string of the molecule is C[C@H]1[C@@H](OC(F)(F)F)CN1C(=O)[C@@H](CO)NC(=O)OC(C)(C)C. The van der Waals surface area contributed by atoms with Crippen LogP contribution in [0.4, 0.5) is 18.0 Å². The molecule has 1 aliphatic rings. The lowest BCUT2D eigenvalue weighted by atomic mass is 9.99. The summed E-state index contributed by atoms with van der Waals surface area (Å²) in [6.07, 6.45) is -6.85. The molecule has 0 bridgehead atoms. The van der Waals surface area contributed by atoms with Crippen LogP contribution in [0.2, 0.25) is 0 Å². The van der Waals surface area contributed by atoms with Crippen LogP contribution < -0.4 is 5.32 Å². The Labute approximate surface area is 131 Å². The molecule has 10 heteroatoms. The Morgan fingerprint density at radius 2 is 1.91 bits per heavy atom. The fourth-order valence-corrected chi connectivity index (χ4v) is 2.01. The van der Waals surface area contributed by atoms with E-state index in [0.29, 0.717) is 0 Å². The molecule has 1 rings (SSSR count). The number of halogens is 3. The highest BCUT2D eigenvalue weighted by molar-refractivity contribution is 5.86. The van der Waals surface area contributed by atoms with Gasteiger partial charge in [0.1, 0.15) is 17.7 Å². The maximum atomic E-state index is 12.1. The Morgan fingerprint density at radius 3 is 2.30 bits per heavy atom. The summed E-state index contributed by atoms with van der Waals surface area (Å²) in [6.45, 7) is 5.29. The number of likely N-dealkylation sites (tertiary alicyclic amines) is 1. The molecular weight excluding hydrogens is 321 g/mol. The van der Waals surface area contributed by atoms with E-state index in [9.17, 15) is 27.9 Å². The summed E-state index contributed by atoms with van der Waals surface area (Å²) < 4.78 is 45.2. The van der Waals surface area contributed by atoms with Crippen LogP contribution in [0.1, 0.15) is 27.7 Å². The van der Waals surface area contributed by atoms with Gasteiger partial charge in [-0.25, -0.2) is 4.79 Å². The molecule has 1 heterocycles. The minimum atomic E-state index is -4.78. The van der Waals surface area contributed by atoms with Crippen molar-refractivity contribution in [2.24, 2.45) is 0 Å². The van der Waals surface area contributed by atoms with Gasteiger partial charge >= 0.3 is 12.5 Å². The number of nitrogens with zero attached hydrogens (tertiary/aromatic N) is 1. The van der Waals surface area contributed by atoms with Gasteiger partial charge in [0.25, 0.3) is 0 Å². The molecule has 0 aromatic rings. The standard InChI is InChI=1S/C13H21F3N2O5/c1-7-9(22-13(14,15)16)5-18(7)10(20)8(6-19)17-11(21)23-12(2,3)4/h7-9,19H,5-6H2,1-4H3,(H,17,21)/t7-,8+,9-/m0/s1. The molecular formula is C13H21F3N2O5. The molecule has 0 unspecified atom stereocenters. The van der Waals surface area contributed by atoms with Crippen molar-refractivity contribution in [3.63, 3.8) is 0 Å². The molecule has 0 aromatic carbocycles. The molecule has 1 saturated heterocycles. The fraction of sp³-hybridized carbons (Fsp3) is 0.846. The molecule has 2 N–H and O–H groups in total. The van der Waals surface area contributed by atoms with Crippen molar-refractivity contribution in [3.05, 3.63) is 0 Å². The first kappa shape index (κ1) is 19.5. The average Bonchev–Trinajstić information content (AvgIpc) is 2.36. The largest absolute Gasteiger partial charge is 0.522 e. The lowest BCUT2D eigenvalue weighted by Crippen LogP contribution is -2.66. The maximum Gasteiger partial charge on any atom is 0.522 e. The zero-order valence-electron chi connectivity index (χ0n) is 13.3. The molecule has 3 atom stereocenters. The van der Waals surface area contributed by atoms with Gasteiger partial charge in [-0.05, 0) is 27.7 Å². The van der Waals surface area contributed by atoms with Crippen LogP contribution in [0.25, 0.3) is 0 Å². The minimum Gasteiger partial charge on any atom is -0.444 e. The first-order chi connectivity index (χ1) is 10.3. The first-order valence-corrected chi connectivity index (χ1v) is 6.99. The van der Waals surface area contributed by atoms with Crippen LogP contribution >= 0.6 is 0 Å². The zero-order valence-corrected chi connectivity index (χ0v) is 13.3. The van der Waals surface area contributed by atoms with E-state index in [2.05, 4.69) is 10.1 Å². The third kappa shape index (κ3) is 5.87. The van der Waals surface area contributed by atoms with E-state index in [-0.39, 0.29) is 6.54 Å². The second-order valence-corrected chi connectivity index (χ2v) is 6.21. The predicted molar refractivity (Wildman–Crippen MR) is 72.3 cm³/mol. The van der Waals surface area contributed by atoms with E-state index in [1.807, 2.05) is 0 Å². The third-order valence-electron chi connectivity index (χ3n) is 3.15. The van der Waals surface area contributed by atoms with Crippen molar-refractivity contribution >= 4 is 12.0 Å². The van der Waals surface area contributed by atoms with Gasteiger partial charge in [0.05, 0.1) is 12.6 Å². The van der Waals surface area contributed by atoms with Gasteiger partial charge in [0, 0.05) is 6.54 Å². The second kappa shape index (κ2) is 6.91. The molecule has 1 fully saturated rings. The van der Waals surface area contributed by atoms with Gasteiger partial charge in [-0.2, -0.15) is 0 Å². The smallest absolute Gasteiger partial charge is 0.444 e. The highest BCUT2D eigenvalue weighted by Crippen LogP contribution is 2.28. The highest BCUT2D eigenvalue weighted by atomic mass is 19.4. The van der Waals surface area contributed by atoms with Crippen molar-refractivity contribution in [3.8, 4) is 0 Å². The lowest BCUT2D eigenvalue weighted by Gasteiger charge is -2.46. The summed E-state index contributed by atoms with van der Waals surface area (Å²) in [5.74, 6) is -0.701. The van der Waals surface area contributed by atoms with Crippen LogP contribution in [-0.4, -0.2) is 65.3 Å². The van der Waals surface area contributed by atoms with Gasteiger partial charge in [0.15, 0.2) is 0 Å². The molecule has 0 spiro atoms. The van der Waals surface area contributed by atoms with Gasteiger partial charge in [-0.15, -0.1) is 13.2 Å². The summed E-state index contributed by atoms with van der Waals surface area (Å²) in [5.41, 5.74) is -0.789. The minimum absolute atomic E-state index is 0.272. The van der Waals surface area contributed by atoms with Crippen LogP contribution in [0.15, 0.2) is 0 Å². The van der Waals surface area contributed by atoms with E-state index in [1.165, 1.54) is 6.92 Å². The number of carbonyl (C=O) groups excluding carboxylic acids is 2. The van der Waals surface area contributed by atoms with Crippen LogP contribution in [0.3, 0.4) is 0 Å². The quantitative estimate of drug-likeness (QED) is 0.796. The predicted octanol–water partition coefficient (Wildman–Crippen LogP) is 1.01. The second-order valence-electron chi connectivity index (χ2n) is 6.21. The van der Waals surface area contributed by atoms with Gasteiger partial charge in [-0.3, -0.25) is 9.53 Å². The van der Waals surface area contributed by atoms with Gasteiger partial charge < -0.3 is 20.1 Å². The Balaban J connectivity index is 2.57. The van der Waals surface area contributed by atoms with Gasteiger partial charge in [-0.1, -0.05) is 0 Å². The van der Waals surface area contributed by atoms with E-state index in [4.69, 9.17) is 4.74 Å². The molecule has 0 aliphatic carbocycles. The van der Waals surface area contributed by atoms with Crippen molar-refractivity contribution in [2.75, 3.05) is 13.2 Å². The first-order valence-electron chi connectivity index (χ1n) is 6.99. The number of alkyl halides is 3. The van der Waals surface area contributed by atoms with Gasteiger partial charge in [0.2, 0.25) is 5.91 Å². The summed E-state index contributed by atoms with van der Waals surface area (Å²) in [7, 11) is 0. The summed E-state index contributed by atoms with van der Waals surface area (Å²) in [5, 5.41) is 11.4. The molecule has 0 aromatic heterocycles. The average molecular weight is 342 g/mol. The number of alkyl carbamates (subject to hydrolysis) is 1. The fourth-order valence-electron chi connectivity index (χ4n) is 2.01. The Kier molecular flexibility index (Phi) is 5.86. The Morgan fingerprint density at radius 1 is 1.35 bits per heavy atom. The molecule has 7 nitrogen and oxygen atoms in total. The Hall–Kier alpha value is -1.55. The third-order valence-corrected chi connectivity index (χ3v) is 3.15. The van der Waals surface area contributed by atoms with Crippen molar-refractivity contribution in [1.82, 2.24) is 10.2 Å². The highest BCUT2D eigenvalue weighted by Gasteiger charge is 2.47. The van der Waals surface area contributed by atoms with Crippen molar-refractivity contribution < 1.29 is 37.3 Å². The number of ether oxygens (including phenoxy) is 2. The number of rotatable bonds is 4. The van der Waals surface area contributed by atoms with E-state index >= 15 is 0 Å². The molecule has 134 valence electrons. The molecule has 1 aliphatic heterocycles. The summed E-state index contributed by atoms with van der Waals surface area (Å²) >= 11 is 0. The molecule has 0 radical (unpaired) electrons. The molecule has 0 saturated carbocycles. The number of aliphatic hydroxyl groups is 1. The lowest BCUT2D eigenvalue weighted by molar-refractivity contribution is -0.359. The van der Waals surface area contributed by atoms with E-state index < -0.39 is 48.8 Å².